The fraction of sp³-hybridized carbons (Fsp3) is 0.467. The molecule has 0 aromatic heterocycles. The minimum Gasteiger partial charge on any atom is -0.466 e. The Labute approximate surface area is 108 Å². The molecular weight excluding hydrogens is 228 g/mol. The van der Waals surface area contributed by atoms with Crippen molar-refractivity contribution < 1.29 is 14.3 Å². The second kappa shape index (κ2) is 6.34. The summed E-state index contributed by atoms with van der Waals surface area (Å²) in [7, 11) is 0. The molecule has 0 aliphatic rings. The van der Waals surface area contributed by atoms with Gasteiger partial charge in [-0.15, -0.1) is 0 Å². The summed E-state index contributed by atoms with van der Waals surface area (Å²) in [5.74, 6) is -0.253. The van der Waals surface area contributed by atoms with Crippen molar-refractivity contribution in [2.24, 2.45) is 0 Å². The van der Waals surface area contributed by atoms with Gasteiger partial charge in [0.25, 0.3) is 0 Å². The van der Waals surface area contributed by atoms with E-state index in [-0.39, 0.29) is 24.6 Å². The minimum atomic E-state index is -0.562. The van der Waals surface area contributed by atoms with Crippen LogP contribution in [0.1, 0.15) is 39.2 Å². The minimum absolute atomic E-state index is 0.0572. The van der Waals surface area contributed by atoms with Crippen LogP contribution in [0.3, 0.4) is 0 Å². The third kappa shape index (κ3) is 3.69. The van der Waals surface area contributed by atoms with E-state index in [2.05, 4.69) is 0 Å². The summed E-state index contributed by atoms with van der Waals surface area (Å²) >= 11 is 0. The quantitative estimate of drug-likeness (QED) is 0.727. The third-order valence-electron chi connectivity index (χ3n) is 3.05. The molecule has 0 atom stereocenters. The van der Waals surface area contributed by atoms with E-state index in [1.165, 1.54) is 0 Å². The van der Waals surface area contributed by atoms with Gasteiger partial charge in [-0.1, -0.05) is 30.3 Å². The summed E-state index contributed by atoms with van der Waals surface area (Å²) < 4.78 is 4.82. The lowest BCUT2D eigenvalue weighted by atomic mass is 9.79. The van der Waals surface area contributed by atoms with Gasteiger partial charge < -0.3 is 4.74 Å². The molecule has 0 aliphatic carbocycles. The first-order chi connectivity index (χ1) is 8.48. The van der Waals surface area contributed by atoms with E-state index >= 15 is 0 Å². The largest absolute Gasteiger partial charge is 0.466 e. The van der Waals surface area contributed by atoms with Crippen LogP contribution < -0.4 is 0 Å². The molecule has 1 aromatic carbocycles. The summed E-state index contributed by atoms with van der Waals surface area (Å²) in [5, 5.41) is 0. The third-order valence-corrected chi connectivity index (χ3v) is 3.05. The zero-order chi connectivity index (χ0) is 13.6. The van der Waals surface area contributed by atoms with Crippen LogP contribution >= 0.6 is 0 Å². The Morgan fingerprint density at radius 1 is 1.11 bits per heavy atom. The van der Waals surface area contributed by atoms with Gasteiger partial charge in [-0.2, -0.15) is 0 Å². The molecule has 0 fully saturated rings. The van der Waals surface area contributed by atoms with Crippen LogP contribution in [0.4, 0.5) is 0 Å². The van der Waals surface area contributed by atoms with Gasteiger partial charge in [0.15, 0.2) is 0 Å². The Bertz CT molecular complexity index is 407. The second-order valence-electron chi connectivity index (χ2n) is 4.72. The predicted molar refractivity (Wildman–Crippen MR) is 70.3 cm³/mol. The lowest BCUT2D eigenvalue weighted by molar-refractivity contribution is -0.144. The summed E-state index contributed by atoms with van der Waals surface area (Å²) in [6, 6.07) is 9.61. The van der Waals surface area contributed by atoms with Crippen molar-refractivity contribution >= 4 is 11.8 Å². The van der Waals surface area contributed by atoms with Crippen LogP contribution in [-0.4, -0.2) is 18.4 Å². The molecule has 0 saturated heterocycles. The maximum Gasteiger partial charge on any atom is 0.306 e. The van der Waals surface area contributed by atoms with Crippen molar-refractivity contribution in [1.29, 1.82) is 0 Å². The zero-order valence-corrected chi connectivity index (χ0v) is 11.2. The first kappa shape index (κ1) is 14.4. The number of esters is 1. The average Bonchev–Trinajstić information content (AvgIpc) is 2.37. The summed E-state index contributed by atoms with van der Waals surface area (Å²) in [6.45, 7) is 5.88. The molecule has 0 saturated carbocycles. The lowest BCUT2D eigenvalue weighted by Crippen LogP contribution is -2.29. The van der Waals surface area contributed by atoms with E-state index in [1.54, 1.807) is 6.92 Å². The molecule has 98 valence electrons. The van der Waals surface area contributed by atoms with E-state index < -0.39 is 5.41 Å². The number of carbonyl (C=O) groups excluding carboxylic acids is 2. The lowest BCUT2D eigenvalue weighted by Gasteiger charge is -2.23. The van der Waals surface area contributed by atoms with Gasteiger partial charge in [-0.05, 0) is 26.3 Å². The van der Waals surface area contributed by atoms with E-state index in [1.807, 2.05) is 44.2 Å². The molecule has 3 heteroatoms. The Kier molecular flexibility index (Phi) is 5.08. The number of hydrogen-bond acceptors (Lipinski definition) is 3. The first-order valence-corrected chi connectivity index (χ1v) is 6.23. The molecule has 3 nitrogen and oxygen atoms in total. The maximum absolute atomic E-state index is 12.2. The highest BCUT2D eigenvalue weighted by Gasteiger charge is 2.29. The van der Waals surface area contributed by atoms with E-state index in [4.69, 9.17) is 4.74 Å². The number of carbonyl (C=O) groups is 2. The van der Waals surface area contributed by atoms with Gasteiger partial charge in [0.2, 0.25) is 0 Å². The topological polar surface area (TPSA) is 43.4 Å². The molecule has 0 unspecified atom stereocenters. The van der Waals surface area contributed by atoms with Crippen LogP contribution in [0, 0.1) is 0 Å². The number of Topliss-reactive ketones (excluding diaryl/α,β-unsaturated/α-hetero) is 1. The highest BCUT2D eigenvalue weighted by Crippen LogP contribution is 2.25. The second-order valence-corrected chi connectivity index (χ2v) is 4.72. The van der Waals surface area contributed by atoms with Crippen molar-refractivity contribution in [2.75, 3.05) is 6.61 Å². The number of benzene rings is 1. The van der Waals surface area contributed by atoms with Crippen molar-refractivity contribution in [1.82, 2.24) is 0 Å². The van der Waals surface area contributed by atoms with Crippen LogP contribution in [0.25, 0.3) is 0 Å². The molecule has 18 heavy (non-hydrogen) atoms. The number of rotatable bonds is 6. The van der Waals surface area contributed by atoms with Crippen LogP contribution in [-0.2, 0) is 19.7 Å². The van der Waals surface area contributed by atoms with Gasteiger partial charge in [-0.25, -0.2) is 0 Å². The predicted octanol–water partition coefficient (Wildman–Crippen LogP) is 2.88. The Hall–Kier alpha value is -1.64. The highest BCUT2D eigenvalue weighted by molar-refractivity contribution is 5.91. The van der Waals surface area contributed by atoms with Gasteiger partial charge in [-0.3, -0.25) is 9.59 Å². The molecule has 0 amide bonds. The molecular formula is C15H20O3. The van der Waals surface area contributed by atoms with E-state index in [9.17, 15) is 9.59 Å². The molecule has 0 heterocycles. The van der Waals surface area contributed by atoms with E-state index in [0.717, 1.165) is 5.56 Å². The molecule has 0 aliphatic heterocycles. The molecule has 0 bridgehead atoms. The Balaban J connectivity index is 2.63. The zero-order valence-electron chi connectivity index (χ0n) is 11.2. The molecule has 0 radical (unpaired) electrons. The maximum atomic E-state index is 12.2. The van der Waals surface area contributed by atoms with E-state index in [0.29, 0.717) is 6.61 Å². The fourth-order valence-electron chi connectivity index (χ4n) is 1.78. The van der Waals surface area contributed by atoms with Crippen LogP contribution in [0.2, 0.25) is 0 Å². The van der Waals surface area contributed by atoms with Gasteiger partial charge in [0.05, 0.1) is 13.0 Å². The smallest absolute Gasteiger partial charge is 0.306 e. The monoisotopic (exact) mass is 248 g/mol. The van der Waals surface area contributed by atoms with Crippen molar-refractivity contribution in [2.45, 2.75) is 39.0 Å². The number of ether oxygens (including phenoxy) is 1. The summed E-state index contributed by atoms with van der Waals surface area (Å²) in [5.41, 5.74) is 0.409. The standard InChI is InChI=1S/C15H20O3/c1-4-18-14(17)11-10-13(16)15(2,3)12-8-6-5-7-9-12/h5-9H,4,10-11H2,1-3H3. The van der Waals surface area contributed by atoms with Gasteiger partial charge >= 0.3 is 5.97 Å². The van der Waals surface area contributed by atoms with Gasteiger partial charge in [0.1, 0.15) is 5.78 Å². The SMILES string of the molecule is CCOC(=O)CCC(=O)C(C)(C)c1ccccc1. The van der Waals surface area contributed by atoms with Crippen LogP contribution in [0.15, 0.2) is 30.3 Å². The van der Waals surface area contributed by atoms with Crippen molar-refractivity contribution in [3.63, 3.8) is 0 Å². The van der Waals surface area contributed by atoms with Crippen molar-refractivity contribution in [3.05, 3.63) is 35.9 Å². The fourth-order valence-corrected chi connectivity index (χ4v) is 1.78. The molecule has 0 N–H and O–H groups in total. The summed E-state index contributed by atoms with van der Waals surface area (Å²) in [6.07, 6.45) is 0.379. The first-order valence-electron chi connectivity index (χ1n) is 6.23. The highest BCUT2D eigenvalue weighted by atomic mass is 16.5. The van der Waals surface area contributed by atoms with Crippen molar-refractivity contribution in [3.8, 4) is 0 Å². The Morgan fingerprint density at radius 2 is 1.72 bits per heavy atom. The molecule has 1 rings (SSSR count). The Morgan fingerprint density at radius 3 is 2.28 bits per heavy atom. The van der Waals surface area contributed by atoms with Crippen LogP contribution in [0.5, 0.6) is 0 Å². The molecule has 1 aromatic rings. The number of hydrogen-bond donors (Lipinski definition) is 0. The molecule has 0 spiro atoms. The van der Waals surface area contributed by atoms with Gasteiger partial charge in [0, 0.05) is 11.8 Å². The normalized spacial score (nSPS) is 11.1. The summed E-state index contributed by atoms with van der Waals surface area (Å²) in [4.78, 5) is 23.4. The average molecular weight is 248 g/mol. The number of ketones is 1.